The zero-order valence-electron chi connectivity index (χ0n) is 16.6. The second-order valence-corrected chi connectivity index (χ2v) is 7.94. The van der Waals surface area contributed by atoms with Gasteiger partial charge in [-0.3, -0.25) is 10.4 Å². The summed E-state index contributed by atoms with van der Waals surface area (Å²) >= 11 is 0. The molecule has 0 atom stereocenters. The Morgan fingerprint density at radius 3 is 2.66 bits per heavy atom. The Labute approximate surface area is 169 Å². The van der Waals surface area contributed by atoms with Crippen molar-refractivity contribution in [2.75, 3.05) is 10.6 Å². The van der Waals surface area contributed by atoms with E-state index in [9.17, 15) is 4.79 Å². The van der Waals surface area contributed by atoms with Crippen LogP contribution in [0.3, 0.4) is 0 Å². The standard InChI is InChI=1S/C22H23N5O2/c1-22(2,3)18-13-19(27-26-18)25-21(28)23-15-8-6-9-16(12-15)29-20-11-14-7-4-5-10-17(14)24-20/h4-10,12-13H,11H2,1-3H3,(H3,23,25,26,27,28). The number of aromatic amines is 1. The number of carbonyl (C=O) groups excluding carboxylic acids is 1. The van der Waals surface area contributed by atoms with E-state index in [0.29, 0.717) is 29.6 Å². The minimum absolute atomic E-state index is 0.0960. The fourth-order valence-electron chi connectivity index (χ4n) is 2.99. The van der Waals surface area contributed by atoms with Crippen LogP contribution in [0.5, 0.6) is 5.75 Å². The molecule has 1 aliphatic heterocycles. The van der Waals surface area contributed by atoms with E-state index in [-0.39, 0.29) is 11.4 Å². The molecule has 4 rings (SSSR count). The smallest absolute Gasteiger partial charge is 0.324 e. The van der Waals surface area contributed by atoms with Crippen LogP contribution in [0.4, 0.5) is 22.0 Å². The molecule has 2 heterocycles. The molecule has 0 saturated carbocycles. The van der Waals surface area contributed by atoms with E-state index < -0.39 is 0 Å². The maximum absolute atomic E-state index is 12.3. The number of anilines is 2. The lowest BCUT2D eigenvalue weighted by Gasteiger charge is -2.13. The summed E-state index contributed by atoms with van der Waals surface area (Å²) in [5.41, 5.74) is 3.48. The predicted molar refractivity (Wildman–Crippen MR) is 114 cm³/mol. The number of hydrogen-bond donors (Lipinski definition) is 3. The quantitative estimate of drug-likeness (QED) is 0.587. The van der Waals surface area contributed by atoms with Crippen LogP contribution < -0.4 is 15.4 Å². The Balaban J connectivity index is 1.38. The predicted octanol–water partition coefficient (Wildman–Crippen LogP) is 5.02. The van der Waals surface area contributed by atoms with Crippen LogP contribution in [-0.4, -0.2) is 22.1 Å². The van der Waals surface area contributed by atoms with Gasteiger partial charge in [0.25, 0.3) is 0 Å². The number of urea groups is 1. The summed E-state index contributed by atoms with van der Waals surface area (Å²) in [7, 11) is 0. The lowest BCUT2D eigenvalue weighted by atomic mass is 9.92. The van der Waals surface area contributed by atoms with Crippen molar-refractivity contribution >= 4 is 29.1 Å². The van der Waals surface area contributed by atoms with Gasteiger partial charge < -0.3 is 10.1 Å². The normalized spacial score (nSPS) is 12.9. The van der Waals surface area contributed by atoms with Crippen molar-refractivity contribution in [3.05, 3.63) is 65.9 Å². The van der Waals surface area contributed by atoms with Crippen LogP contribution >= 0.6 is 0 Å². The van der Waals surface area contributed by atoms with Gasteiger partial charge in [-0.15, -0.1) is 0 Å². The van der Waals surface area contributed by atoms with Crippen LogP contribution in [-0.2, 0) is 11.8 Å². The first-order valence-corrected chi connectivity index (χ1v) is 9.44. The Morgan fingerprint density at radius 2 is 1.90 bits per heavy atom. The second kappa shape index (κ2) is 7.43. The van der Waals surface area contributed by atoms with Crippen molar-refractivity contribution in [2.45, 2.75) is 32.6 Å². The molecule has 0 fully saturated rings. The number of rotatable bonds is 3. The third-order valence-corrected chi connectivity index (χ3v) is 4.50. The largest absolute Gasteiger partial charge is 0.443 e. The van der Waals surface area contributed by atoms with E-state index in [1.54, 1.807) is 12.1 Å². The highest BCUT2D eigenvalue weighted by Gasteiger charge is 2.18. The van der Waals surface area contributed by atoms with Gasteiger partial charge in [0.2, 0.25) is 0 Å². The average molecular weight is 389 g/mol. The summed E-state index contributed by atoms with van der Waals surface area (Å²) in [5.74, 6) is 1.80. The number of para-hydroxylation sites is 1. The van der Waals surface area contributed by atoms with E-state index in [1.165, 1.54) is 0 Å². The first-order chi connectivity index (χ1) is 13.9. The van der Waals surface area contributed by atoms with Gasteiger partial charge in [0.1, 0.15) is 11.6 Å². The number of ether oxygens (including phenoxy) is 1. The van der Waals surface area contributed by atoms with Gasteiger partial charge in [-0.1, -0.05) is 45.0 Å². The number of hydrogen-bond acceptors (Lipinski definition) is 4. The fourth-order valence-corrected chi connectivity index (χ4v) is 2.99. The minimum Gasteiger partial charge on any atom is -0.443 e. The van der Waals surface area contributed by atoms with E-state index >= 15 is 0 Å². The average Bonchev–Trinajstić information content (AvgIpc) is 3.28. The number of aromatic nitrogens is 2. The zero-order valence-corrected chi connectivity index (χ0v) is 16.6. The van der Waals surface area contributed by atoms with Crippen molar-refractivity contribution < 1.29 is 9.53 Å². The molecule has 0 radical (unpaired) electrons. The molecule has 148 valence electrons. The summed E-state index contributed by atoms with van der Waals surface area (Å²) in [6.07, 6.45) is 0.657. The molecule has 0 unspecified atom stereocenters. The highest BCUT2D eigenvalue weighted by molar-refractivity contribution is 5.99. The zero-order chi connectivity index (χ0) is 20.4. The van der Waals surface area contributed by atoms with Gasteiger partial charge in [-0.25, -0.2) is 9.79 Å². The highest BCUT2D eigenvalue weighted by Crippen LogP contribution is 2.28. The molecule has 3 N–H and O–H groups in total. The Bertz CT molecular complexity index is 1080. The van der Waals surface area contributed by atoms with Crippen LogP contribution in [0.15, 0.2) is 59.6 Å². The third kappa shape index (κ3) is 4.45. The SMILES string of the molecule is CC(C)(C)c1cc(NC(=O)Nc2cccc(OC3=Nc4ccccc4C3)c2)[nH]n1. The highest BCUT2D eigenvalue weighted by atomic mass is 16.5. The second-order valence-electron chi connectivity index (χ2n) is 7.94. The van der Waals surface area contributed by atoms with Gasteiger partial charge in [-0.2, -0.15) is 5.10 Å². The van der Waals surface area contributed by atoms with Gasteiger partial charge in [0.05, 0.1) is 17.8 Å². The maximum atomic E-state index is 12.3. The van der Waals surface area contributed by atoms with Crippen molar-refractivity contribution in [2.24, 2.45) is 4.99 Å². The molecule has 29 heavy (non-hydrogen) atoms. The van der Waals surface area contributed by atoms with Crippen molar-refractivity contribution in [1.82, 2.24) is 10.2 Å². The molecule has 7 heteroatoms. The van der Waals surface area contributed by atoms with Gasteiger partial charge in [0, 0.05) is 23.2 Å². The lowest BCUT2D eigenvalue weighted by molar-refractivity contribution is 0.262. The molecule has 1 aromatic heterocycles. The lowest BCUT2D eigenvalue weighted by Crippen LogP contribution is -2.19. The van der Waals surface area contributed by atoms with Crippen molar-refractivity contribution in [1.29, 1.82) is 0 Å². The summed E-state index contributed by atoms with van der Waals surface area (Å²) in [6.45, 7) is 6.18. The third-order valence-electron chi connectivity index (χ3n) is 4.50. The van der Waals surface area contributed by atoms with E-state index in [0.717, 1.165) is 16.9 Å². The maximum Gasteiger partial charge on any atom is 0.324 e. The van der Waals surface area contributed by atoms with E-state index in [4.69, 9.17) is 4.74 Å². The molecule has 2 aromatic carbocycles. The van der Waals surface area contributed by atoms with Gasteiger partial charge >= 0.3 is 6.03 Å². The van der Waals surface area contributed by atoms with Gasteiger partial charge in [0.15, 0.2) is 5.90 Å². The summed E-state index contributed by atoms with van der Waals surface area (Å²) in [5, 5.41) is 12.6. The molecule has 0 aliphatic carbocycles. The Hall–Kier alpha value is -3.61. The summed E-state index contributed by atoms with van der Waals surface area (Å²) in [6, 6.07) is 16.6. The first-order valence-electron chi connectivity index (χ1n) is 9.44. The molecule has 3 aromatic rings. The molecular formula is C22H23N5O2. The number of aliphatic imine (C=N–C) groups is 1. The molecule has 1 aliphatic rings. The minimum atomic E-state index is -0.364. The number of nitrogens with one attached hydrogen (secondary N) is 3. The number of nitrogens with zero attached hydrogens (tertiary/aromatic N) is 2. The molecule has 7 nitrogen and oxygen atoms in total. The van der Waals surface area contributed by atoms with Crippen LogP contribution in [0.25, 0.3) is 0 Å². The number of carbonyl (C=O) groups is 1. The fraction of sp³-hybridized carbons (Fsp3) is 0.227. The molecule has 2 amide bonds. The number of amides is 2. The van der Waals surface area contributed by atoms with Crippen molar-refractivity contribution in [3.8, 4) is 5.75 Å². The van der Waals surface area contributed by atoms with E-state index in [1.807, 2.05) is 42.5 Å². The molecule has 0 bridgehead atoms. The summed E-state index contributed by atoms with van der Waals surface area (Å²) in [4.78, 5) is 16.8. The molecule has 0 saturated heterocycles. The topological polar surface area (TPSA) is 91.4 Å². The monoisotopic (exact) mass is 389 g/mol. The van der Waals surface area contributed by atoms with E-state index in [2.05, 4.69) is 46.6 Å². The number of benzene rings is 2. The van der Waals surface area contributed by atoms with Crippen LogP contribution in [0, 0.1) is 0 Å². The first kappa shape index (κ1) is 18.7. The number of H-pyrrole nitrogens is 1. The Kier molecular flexibility index (Phi) is 4.80. The number of fused-ring (bicyclic) bond motifs is 1. The van der Waals surface area contributed by atoms with Crippen LogP contribution in [0.2, 0.25) is 0 Å². The van der Waals surface area contributed by atoms with Gasteiger partial charge in [-0.05, 0) is 23.8 Å². The van der Waals surface area contributed by atoms with Crippen LogP contribution in [0.1, 0.15) is 32.0 Å². The van der Waals surface area contributed by atoms with Crippen molar-refractivity contribution in [3.63, 3.8) is 0 Å². The molecular weight excluding hydrogens is 366 g/mol. The molecule has 0 spiro atoms. The summed E-state index contributed by atoms with van der Waals surface area (Å²) < 4.78 is 5.90. The Morgan fingerprint density at radius 1 is 1.07 bits per heavy atom.